The molecule has 104 heavy (non-hydrogen) atoms. The third kappa shape index (κ3) is 16.8. The fourth-order valence-electron chi connectivity index (χ4n) is 12.9. The second-order valence-corrected chi connectivity index (χ2v) is 26.4. The first-order valence-corrected chi connectivity index (χ1v) is 33.4. The van der Waals surface area contributed by atoms with Crippen molar-refractivity contribution in [1.29, 1.82) is 0 Å². The molecule has 6 aliphatic rings. The van der Waals surface area contributed by atoms with Gasteiger partial charge in [0.2, 0.25) is 23.8 Å². The number of phenols is 4. The number of rotatable bonds is 20. The zero-order valence-electron chi connectivity index (χ0n) is 56.2. The molecule has 6 aliphatic heterocycles. The van der Waals surface area contributed by atoms with E-state index in [4.69, 9.17) is 66.0 Å². The third-order valence-corrected chi connectivity index (χ3v) is 19.0. The van der Waals surface area contributed by atoms with Crippen LogP contribution in [0.1, 0.15) is 58.6 Å². The summed E-state index contributed by atoms with van der Waals surface area (Å²) in [4.78, 5) is 43.3. The first-order chi connectivity index (χ1) is 49.3. The van der Waals surface area contributed by atoms with Gasteiger partial charge in [-0.15, -0.1) is 0 Å². The second-order valence-electron chi connectivity index (χ2n) is 26.4. The van der Waals surface area contributed by atoms with Crippen LogP contribution in [0, 0.1) is 0 Å². The molecular formula is C70H84O34. The highest BCUT2D eigenvalue weighted by Gasteiger charge is 2.57. The van der Waals surface area contributed by atoms with Crippen LogP contribution in [-0.2, 0) is 61.7 Å². The maximum atomic E-state index is 15.5. The lowest BCUT2D eigenvalue weighted by Crippen LogP contribution is -2.66. The Labute approximate surface area is 591 Å². The van der Waals surface area contributed by atoms with E-state index in [1.54, 1.807) is 0 Å². The number of aliphatic hydroxyl groups excluding tert-OH is 13. The van der Waals surface area contributed by atoms with Gasteiger partial charge in [-0.25, -0.2) is 9.59 Å². The summed E-state index contributed by atoms with van der Waals surface area (Å²) in [5.41, 5.74) is -0.921. The van der Waals surface area contributed by atoms with Crippen molar-refractivity contribution < 1.29 is 162 Å². The minimum Gasteiger partial charge on any atom is -0.508 e. The van der Waals surface area contributed by atoms with Gasteiger partial charge in [0, 0.05) is 29.8 Å². The van der Waals surface area contributed by atoms with E-state index in [1.165, 1.54) is 120 Å². The standard InChI is InChI=1S/C70H84O34/c1-26-45(77)52(84)49(81)39(91-26)20-21-40-50(82)62(102-67-56(88)54(86)47(79)28(3)93-67)65(100-43(76)23-11-32-8-16-35(72)17-9-32)70(98-40)104-63-51(83)44-38(74)24-37(25-41(44)97-60(63)33-12-18-36(73)19-13-33)96-68-58(90)64(59(30(5)95-68)99-42(75)22-10-31-6-14-34(71)15-7-31)103-69-57(89)61(48(80)29(4)94-69)101-66-55(87)53(85)46(78)27(2)92-66/h6-19,22-30,39-40,45-50,52-59,61-62,64-74,77-82,84-90H,20-21H2,1-5H3. The third-order valence-electron chi connectivity index (χ3n) is 19.0. The monoisotopic (exact) mass is 1470 g/mol. The van der Waals surface area contributed by atoms with Gasteiger partial charge in [-0.05, 0) is 119 Å². The number of benzene rings is 4. The molecule has 568 valence electrons. The lowest BCUT2D eigenvalue weighted by Gasteiger charge is -2.48. The molecule has 4 aromatic carbocycles. The number of ether oxygens (including phenoxy) is 13. The molecule has 30 atom stereocenters. The maximum Gasteiger partial charge on any atom is 0.331 e. The van der Waals surface area contributed by atoms with Crippen LogP contribution >= 0.6 is 0 Å². The van der Waals surface area contributed by atoms with Crippen molar-refractivity contribution >= 4 is 35.1 Å². The minimum absolute atomic E-state index is 0.0416. The number of phenolic OH excluding ortho intramolecular Hbond substituents is 4. The highest BCUT2D eigenvalue weighted by molar-refractivity contribution is 5.89. The van der Waals surface area contributed by atoms with E-state index in [1.807, 2.05) is 0 Å². The average Bonchev–Trinajstić information content (AvgIpc) is 0.752. The number of carbonyl (C=O) groups is 2. The van der Waals surface area contributed by atoms with Crippen molar-refractivity contribution in [1.82, 2.24) is 0 Å². The van der Waals surface area contributed by atoms with E-state index in [0.717, 1.165) is 24.3 Å². The van der Waals surface area contributed by atoms with Crippen LogP contribution in [0.4, 0.5) is 0 Å². The fraction of sp³-hybridized carbons (Fsp3) is 0.529. The summed E-state index contributed by atoms with van der Waals surface area (Å²) in [6, 6.07) is 18.2. The molecule has 1 aromatic heterocycles. The van der Waals surface area contributed by atoms with Crippen LogP contribution in [0.2, 0.25) is 0 Å². The SMILES string of the molecule is CC1OC(CCC2OC(Oc3c(-c4ccc(O)cc4)oc4cc(OC5OC(C)C(OC(=O)C=Cc6ccc(O)cc6)C(OC6OC(C)C(O)C(OC7OC(C)C(O)C(O)C7O)C6O)C5O)cc(O)c4c3=O)C(OC(=O)C=Cc3ccc(O)cc3)C(OC3OC(C)C(O)C(O)C3O)C2O)C(O)C(O)C1O. The molecular weight excluding hydrogens is 1380 g/mol. The smallest absolute Gasteiger partial charge is 0.331 e. The second kappa shape index (κ2) is 32.7. The Morgan fingerprint density at radius 2 is 0.827 bits per heavy atom. The molecule has 34 nitrogen and oxygen atoms in total. The van der Waals surface area contributed by atoms with E-state index in [0.29, 0.717) is 11.1 Å². The molecule has 34 heteroatoms. The van der Waals surface area contributed by atoms with Crippen molar-refractivity contribution in [2.75, 3.05) is 0 Å². The Morgan fingerprint density at radius 1 is 0.404 bits per heavy atom. The summed E-state index contributed by atoms with van der Waals surface area (Å²) in [5, 5.41) is 186. The summed E-state index contributed by atoms with van der Waals surface area (Å²) in [7, 11) is 0. The number of aromatic hydroxyl groups is 4. The molecule has 6 saturated heterocycles. The predicted octanol–water partition coefficient (Wildman–Crippen LogP) is -1.59. The Kier molecular flexibility index (Phi) is 24.3. The largest absolute Gasteiger partial charge is 0.508 e. The van der Waals surface area contributed by atoms with Crippen LogP contribution in [0.25, 0.3) is 34.4 Å². The molecule has 0 spiro atoms. The molecule has 0 amide bonds. The van der Waals surface area contributed by atoms with Gasteiger partial charge < -0.3 is 153 Å². The molecule has 5 aromatic rings. The highest BCUT2D eigenvalue weighted by Crippen LogP contribution is 2.42. The Morgan fingerprint density at radius 3 is 1.36 bits per heavy atom. The van der Waals surface area contributed by atoms with Gasteiger partial charge in [0.15, 0.2) is 36.8 Å². The van der Waals surface area contributed by atoms with Crippen molar-refractivity contribution in [3.63, 3.8) is 0 Å². The minimum atomic E-state index is -2.17. The summed E-state index contributed by atoms with van der Waals surface area (Å²) in [5.74, 6) is -5.35. The van der Waals surface area contributed by atoms with Gasteiger partial charge in [-0.1, -0.05) is 24.3 Å². The van der Waals surface area contributed by atoms with Gasteiger partial charge >= 0.3 is 11.9 Å². The topological polar surface area (TPSA) is 528 Å². The van der Waals surface area contributed by atoms with E-state index >= 15 is 4.79 Å². The molecule has 0 radical (unpaired) electrons. The van der Waals surface area contributed by atoms with E-state index in [2.05, 4.69) is 0 Å². The number of esters is 2. The zero-order valence-corrected chi connectivity index (χ0v) is 56.2. The molecule has 0 saturated carbocycles. The Hall–Kier alpha value is -7.57. The average molecular weight is 1470 g/mol. The molecule has 30 unspecified atom stereocenters. The van der Waals surface area contributed by atoms with Gasteiger partial charge in [0.1, 0.15) is 137 Å². The number of carbonyl (C=O) groups excluding carboxylic acids is 2. The van der Waals surface area contributed by atoms with E-state index in [-0.39, 0.29) is 35.7 Å². The number of fused-ring (bicyclic) bond motifs is 1. The van der Waals surface area contributed by atoms with Gasteiger partial charge in [-0.3, -0.25) is 4.79 Å². The fourth-order valence-corrected chi connectivity index (χ4v) is 12.9. The summed E-state index contributed by atoms with van der Waals surface area (Å²) < 4.78 is 85.0. The molecule has 6 fully saturated rings. The first-order valence-electron chi connectivity index (χ1n) is 33.4. The van der Waals surface area contributed by atoms with Gasteiger partial charge in [0.05, 0.1) is 42.7 Å². The number of aliphatic hydroxyl groups is 13. The highest BCUT2D eigenvalue weighted by atomic mass is 16.8. The first kappa shape index (κ1) is 77.5. The van der Waals surface area contributed by atoms with Gasteiger partial charge in [0.25, 0.3) is 0 Å². The van der Waals surface area contributed by atoms with Crippen LogP contribution in [0.15, 0.2) is 106 Å². The Bertz CT molecular complexity index is 3860. The number of hydrogen-bond donors (Lipinski definition) is 17. The van der Waals surface area contributed by atoms with Crippen LogP contribution in [0.3, 0.4) is 0 Å². The van der Waals surface area contributed by atoms with Crippen LogP contribution < -0.4 is 14.9 Å². The lowest BCUT2D eigenvalue weighted by atomic mass is 9.89. The molecule has 0 bridgehead atoms. The van der Waals surface area contributed by atoms with Crippen molar-refractivity contribution in [2.45, 2.75) is 232 Å². The lowest BCUT2D eigenvalue weighted by molar-refractivity contribution is -0.372. The van der Waals surface area contributed by atoms with E-state index in [9.17, 15) is 96.4 Å². The number of hydrogen-bond acceptors (Lipinski definition) is 34. The predicted molar refractivity (Wildman–Crippen MR) is 349 cm³/mol. The summed E-state index contributed by atoms with van der Waals surface area (Å²) >= 11 is 0. The normalized spacial score (nSPS) is 38.4. The molecule has 0 aliphatic carbocycles. The molecule has 17 N–H and O–H groups in total. The zero-order chi connectivity index (χ0) is 75.0. The van der Waals surface area contributed by atoms with Crippen molar-refractivity contribution in [2.24, 2.45) is 0 Å². The summed E-state index contributed by atoms with van der Waals surface area (Å²) in [6.07, 6.45) is -47.4. The van der Waals surface area contributed by atoms with Crippen molar-refractivity contribution in [3.05, 3.63) is 118 Å². The maximum absolute atomic E-state index is 15.5. The van der Waals surface area contributed by atoms with E-state index < -0.39 is 235 Å². The summed E-state index contributed by atoms with van der Waals surface area (Å²) in [6.45, 7) is 6.87. The quantitative estimate of drug-likeness (QED) is 0.0308. The van der Waals surface area contributed by atoms with Crippen LogP contribution in [-0.4, -0.2) is 283 Å². The van der Waals surface area contributed by atoms with Crippen molar-refractivity contribution in [3.8, 4) is 45.8 Å². The van der Waals surface area contributed by atoms with Gasteiger partial charge in [-0.2, -0.15) is 0 Å². The van der Waals surface area contributed by atoms with Crippen LogP contribution in [0.5, 0.6) is 34.5 Å². The molecule has 11 rings (SSSR count). The Balaban J connectivity index is 0.946. The molecule has 7 heterocycles.